The monoisotopic (exact) mass is 274 g/mol. The number of carbonyl (C=O) groups is 1. The van der Waals surface area contributed by atoms with Crippen molar-refractivity contribution in [3.63, 3.8) is 0 Å². The number of nitrogens with two attached hydrogens (primary N) is 1. The molecule has 2 rings (SSSR count). The summed E-state index contributed by atoms with van der Waals surface area (Å²) in [5, 5.41) is 5.26. The van der Waals surface area contributed by atoms with Crippen LogP contribution in [0, 0.1) is 13.8 Å². The maximum absolute atomic E-state index is 11.7. The standard InChI is InChI=1S/C15H18N2OS/c1-10-5-6-13(11(2)8-10)14(15(16)18)17-9-12-4-3-7-19-12/h3-8,14,17H,9H2,1-2H3,(H2,16,18). The van der Waals surface area contributed by atoms with Gasteiger partial charge in [-0.3, -0.25) is 10.1 Å². The molecule has 2 aromatic rings. The molecule has 3 nitrogen and oxygen atoms in total. The van der Waals surface area contributed by atoms with E-state index in [9.17, 15) is 4.79 Å². The first-order valence-corrected chi connectivity index (χ1v) is 7.08. The molecule has 19 heavy (non-hydrogen) atoms. The molecule has 100 valence electrons. The fourth-order valence-corrected chi connectivity index (χ4v) is 2.78. The van der Waals surface area contributed by atoms with Crippen molar-refractivity contribution in [1.82, 2.24) is 5.32 Å². The Labute approximate surface area is 117 Å². The van der Waals surface area contributed by atoms with Gasteiger partial charge in [0, 0.05) is 11.4 Å². The smallest absolute Gasteiger partial charge is 0.239 e. The van der Waals surface area contributed by atoms with E-state index in [0.29, 0.717) is 6.54 Å². The number of aryl methyl sites for hydroxylation is 2. The van der Waals surface area contributed by atoms with Crippen LogP contribution in [0.4, 0.5) is 0 Å². The lowest BCUT2D eigenvalue weighted by Crippen LogP contribution is -2.33. The molecule has 1 aromatic carbocycles. The van der Waals surface area contributed by atoms with Crippen LogP contribution in [0.3, 0.4) is 0 Å². The molecule has 0 spiro atoms. The summed E-state index contributed by atoms with van der Waals surface area (Å²) in [5.41, 5.74) is 8.74. The molecule has 1 amide bonds. The van der Waals surface area contributed by atoms with Crippen LogP contribution in [0.25, 0.3) is 0 Å². The molecule has 0 aliphatic heterocycles. The van der Waals surface area contributed by atoms with Gasteiger partial charge in [-0.05, 0) is 36.4 Å². The van der Waals surface area contributed by atoms with Gasteiger partial charge in [0.1, 0.15) is 6.04 Å². The number of hydrogen-bond acceptors (Lipinski definition) is 3. The highest BCUT2D eigenvalue weighted by molar-refractivity contribution is 7.09. The number of nitrogens with one attached hydrogen (secondary N) is 1. The second-order valence-corrected chi connectivity index (χ2v) is 5.69. The van der Waals surface area contributed by atoms with Crippen LogP contribution in [-0.4, -0.2) is 5.91 Å². The van der Waals surface area contributed by atoms with Gasteiger partial charge < -0.3 is 5.73 Å². The molecule has 1 heterocycles. The van der Waals surface area contributed by atoms with Crippen LogP contribution in [0.2, 0.25) is 0 Å². The van der Waals surface area contributed by atoms with Gasteiger partial charge in [-0.1, -0.05) is 29.8 Å². The Kier molecular flexibility index (Phi) is 4.35. The Morgan fingerprint density at radius 2 is 2.16 bits per heavy atom. The first-order chi connectivity index (χ1) is 9.08. The summed E-state index contributed by atoms with van der Waals surface area (Å²) >= 11 is 1.66. The second kappa shape index (κ2) is 5.99. The van der Waals surface area contributed by atoms with Gasteiger partial charge in [0.2, 0.25) is 5.91 Å². The maximum Gasteiger partial charge on any atom is 0.239 e. The Morgan fingerprint density at radius 3 is 2.74 bits per heavy atom. The number of thiophene rings is 1. The van der Waals surface area contributed by atoms with E-state index in [1.807, 2.05) is 43.5 Å². The van der Waals surface area contributed by atoms with Crippen LogP contribution < -0.4 is 11.1 Å². The second-order valence-electron chi connectivity index (χ2n) is 4.66. The minimum atomic E-state index is -0.442. The average molecular weight is 274 g/mol. The van der Waals surface area contributed by atoms with E-state index in [1.165, 1.54) is 10.4 Å². The topological polar surface area (TPSA) is 55.1 Å². The highest BCUT2D eigenvalue weighted by Crippen LogP contribution is 2.20. The van der Waals surface area contributed by atoms with Crippen molar-refractivity contribution in [2.24, 2.45) is 5.73 Å². The van der Waals surface area contributed by atoms with Gasteiger partial charge in [-0.15, -0.1) is 11.3 Å². The van der Waals surface area contributed by atoms with E-state index in [1.54, 1.807) is 11.3 Å². The molecule has 1 atom stereocenters. The third kappa shape index (κ3) is 3.43. The first-order valence-electron chi connectivity index (χ1n) is 6.20. The molecule has 1 unspecified atom stereocenters. The number of carbonyl (C=O) groups excluding carboxylic acids is 1. The SMILES string of the molecule is Cc1ccc(C(NCc2cccs2)C(N)=O)c(C)c1. The molecule has 0 radical (unpaired) electrons. The lowest BCUT2D eigenvalue weighted by Gasteiger charge is -2.18. The first kappa shape index (κ1) is 13.8. The normalized spacial score (nSPS) is 12.3. The summed E-state index contributed by atoms with van der Waals surface area (Å²) in [6, 6.07) is 9.64. The van der Waals surface area contributed by atoms with Gasteiger partial charge in [0.15, 0.2) is 0 Å². The van der Waals surface area contributed by atoms with Crippen molar-refractivity contribution in [2.45, 2.75) is 26.4 Å². The molecular weight excluding hydrogens is 256 g/mol. The summed E-state index contributed by atoms with van der Waals surface area (Å²) in [4.78, 5) is 12.9. The summed E-state index contributed by atoms with van der Waals surface area (Å²) in [6.07, 6.45) is 0. The molecule has 0 saturated carbocycles. The van der Waals surface area contributed by atoms with Crippen molar-refractivity contribution >= 4 is 17.2 Å². The zero-order valence-corrected chi connectivity index (χ0v) is 12.0. The van der Waals surface area contributed by atoms with E-state index in [2.05, 4.69) is 11.4 Å². The number of hydrogen-bond donors (Lipinski definition) is 2. The highest BCUT2D eigenvalue weighted by Gasteiger charge is 2.19. The van der Waals surface area contributed by atoms with Crippen LogP contribution in [0.15, 0.2) is 35.7 Å². The van der Waals surface area contributed by atoms with E-state index in [4.69, 9.17) is 5.73 Å². The zero-order chi connectivity index (χ0) is 13.8. The summed E-state index contributed by atoms with van der Waals surface area (Å²) < 4.78 is 0. The average Bonchev–Trinajstić information content (AvgIpc) is 2.84. The summed E-state index contributed by atoms with van der Waals surface area (Å²) in [6.45, 7) is 4.69. The van der Waals surface area contributed by atoms with Crippen LogP contribution >= 0.6 is 11.3 Å². The molecule has 0 fully saturated rings. The van der Waals surface area contributed by atoms with Gasteiger partial charge in [-0.2, -0.15) is 0 Å². The van der Waals surface area contributed by atoms with Gasteiger partial charge in [-0.25, -0.2) is 0 Å². The molecule has 3 N–H and O–H groups in total. The largest absolute Gasteiger partial charge is 0.368 e. The molecular formula is C15H18N2OS. The van der Waals surface area contributed by atoms with Crippen molar-refractivity contribution in [2.75, 3.05) is 0 Å². The fraction of sp³-hybridized carbons (Fsp3) is 0.267. The Morgan fingerprint density at radius 1 is 1.37 bits per heavy atom. The van der Waals surface area contributed by atoms with Crippen LogP contribution in [0.1, 0.15) is 27.6 Å². The Hall–Kier alpha value is -1.65. The number of benzene rings is 1. The predicted molar refractivity (Wildman–Crippen MR) is 79.0 cm³/mol. The third-order valence-electron chi connectivity index (χ3n) is 3.08. The van der Waals surface area contributed by atoms with Crippen LogP contribution in [-0.2, 0) is 11.3 Å². The lowest BCUT2D eigenvalue weighted by molar-refractivity contribution is -0.120. The highest BCUT2D eigenvalue weighted by atomic mass is 32.1. The number of amides is 1. The van der Waals surface area contributed by atoms with E-state index >= 15 is 0 Å². The zero-order valence-electron chi connectivity index (χ0n) is 11.1. The maximum atomic E-state index is 11.7. The molecule has 0 saturated heterocycles. The Bertz CT molecular complexity index is 564. The molecule has 0 aliphatic rings. The van der Waals surface area contributed by atoms with Crippen molar-refractivity contribution in [3.05, 3.63) is 57.3 Å². The minimum absolute atomic E-state index is 0.344. The van der Waals surface area contributed by atoms with E-state index in [-0.39, 0.29) is 5.91 Å². The number of primary amides is 1. The quantitative estimate of drug-likeness (QED) is 0.880. The fourth-order valence-electron chi connectivity index (χ4n) is 2.13. The molecule has 0 bridgehead atoms. The molecule has 4 heteroatoms. The lowest BCUT2D eigenvalue weighted by atomic mass is 9.99. The summed E-state index contributed by atoms with van der Waals surface area (Å²) in [7, 11) is 0. The third-order valence-corrected chi connectivity index (χ3v) is 3.96. The van der Waals surface area contributed by atoms with Gasteiger partial charge in [0.25, 0.3) is 0 Å². The molecule has 0 aliphatic carbocycles. The minimum Gasteiger partial charge on any atom is -0.368 e. The van der Waals surface area contributed by atoms with Gasteiger partial charge in [0.05, 0.1) is 0 Å². The van der Waals surface area contributed by atoms with Gasteiger partial charge >= 0.3 is 0 Å². The predicted octanol–water partition coefficient (Wildman–Crippen LogP) is 2.68. The van der Waals surface area contributed by atoms with Crippen molar-refractivity contribution in [1.29, 1.82) is 0 Å². The van der Waals surface area contributed by atoms with Crippen molar-refractivity contribution in [3.8, 4) is 0 Å². The summed E-state index contributed by atoms with van der Waals surface area (Å²) in [5.74, 6) is -0.344. The van der Waals surface area contributed by atoms with E-state index in [0.717, 1.165) is 11.1 Å². The van der Waals surface area contributed by atoms with E-state index < -0.39 is 6.04 Å². The van der Waals surface area contributed by atoms with Crippen molar-refractivity contribution < 1.29 is 4.79 Å². The van der Waals surface area contributed by atoms with Crippen LogP contribution in [0.5, 0.6) is 0 Å². The Balaban J connectivity index is 2.17. The number of rotatable bonds is 5. The molecule has 1 aromatic heterocycles.